The molecule has 0 bridgehead atoms. The first-order chi connectivity index (χ1) is 9.06. The lowest BCUT2D eigenvalue weighted by Crippen LogP contribution is -2.23. The number of ether oxygens (including phenoxy) is 1. The predicted molar refractivity (Wildman–Crippen MR) is 82.7 cm³/mol. The van der Waals surface area contributed by atoms with Crippen molar-refractivity contribution in [1.82, 2.24) is 5.32 Å². The Labute approximate surface area is 118 Å². The Balaban J connectivity index is 2.82. The van der Waals surface area contributed by atoms with E-state index in [1.54, 1.807) is 0 Å². The van der Waals surface area contributed by atoms with Crippen molar-refractivity contribution in [3.8, 4) is 5.75 Å². The zero-order valence-electron chi connectivity index (χ0n) is 13.1. The van der Waals surface area contributed by atoms with Gasteiger partial charge in [-0.25, -0.2) is 0 Å². The third-order valence-electron chi connectivity index (χ3n) is 3.42. The fourth-order valence-corrected chi connectivity index (χ4v) is 2.23. The van der Waals surface area contributed by atoms with Crippen LogP contribution in [0.3, 0.4) is 0 Å². The van der Waals surface area contributed by atoms with Crippen LogP contribution in [0.5, 0.6) is 5.75 Å². The molecule has 0 heterocycles. The summed E-state index contributed by atoms with van der Waals surface area (Å²) in [6, 6.07) is 8.93. The first kappa shape index (κ1) is 16.0. The van der Waals surface area contributed by atoms with Crippen LogP contribution in [0, 0.1) is 5.92 Å². The zero-order valence-corrected chi connectivity index (χ0v) is 13.1. The molecule has 2 heteroatoms. The number of nitrogens with one attached hydrogen (secondary N) is 1. The minimum Gasteiger partial charge on any atom is -0.491 e. The van der Waals surface area contributed by atoms with Crippen LogP contribution < -0.4 is 10.1 Å². The van der Waals surface area contributed by atoms with E-state index in [0.29, 0.717) is 6.04 Å². The van der Waals surface area contributed by atoms with Crippen LogP contribution in [0.1, 0.15) is 59.1 Å². The van der Waals surface area contributed by atoms with E-state index in [0.717, 1.165) is 18.2 Å². The highest BCUT2D eigenvalue weighted by Crippen LogP contribution is 2.26. The quantitative estimate of drug-likeness (QED) is 0.742. The van der Waals surface area contributed by atoms with Gasteiger partial charge in [0.15, 0.2) is 0 Å². The van der Waals surface area contributed by atoms with Crippen molar-refractivity contribution in [1.29, 1.82) is 0 Å². The Morgan fingerprint density at radius 1 is 1.16 bits per heavy atom. The summed E-state index contributed by atoms with van der Waals surface area (Å²) in [5.74, 6) is 1.71. The van der Waals surface area contributed by atoms with Crippen LogP contribution in [0.25, 0.3) is 0 Å². The zero-order chi connectivity index (χ0) is 14.3. The third-order valence-corrected chi connectivity index (χ3v) is 3.42. The highest BCUT2D eigenvalue weighted by molar-refractivity contribution is 5.30. The third kappa shape index (κ3) is 5.65. The lowest BCUT2D eigenvalue weighted by molar-refractivity contribution is 0.242. The topological polar surface area (TPSA) is 21.3 Å². The van der Waals surface area contributed by atoms with Gasteiger partial charge in [0.25, 0.3) is 0 Å². The molecule has 0 radical (unpaired) electrons. The Hall–Kier alpha value is -1.02. The monoisotopic (exact) mass is 263 g/mol. The number of hydrogen-bond acceptors (Lipinski definition) is 2. The number of benzene rings is 1. The molecule has 0 saturated carbocycles. The van der Waals surface area contributed by atoms with Crippen LogP contribution in [-0.2, 0) is 0 Å². The maximum absolute atomic E-state index is 5.79. The van der Waals surface area contributed by atoms with Gasteiger partial charge in [-0.15, -0.1) is 0 Å². The molecule has 0 amide bonds. The number of hydrogen-bond donors (Lipinski definition) is 1. The van der Waals surface area contributed by atoms with Gasteiger partial charge in [-0.3, -0.25) is 0 Å². The molecule has 1 N–H and O–H groups in total. The fourth-order valence-electron chi connectivity index (χ4n) is 2.23. The molecule has 19 heavy (non-hydrogen) atoms. The molecule has 2 nitrogen and oxygen atoms in total. The molecule has 108 valence electrons. The Morgan fingerprint density at radius 3 is 2.47 bits per heavy atom. The average Bonchev–Trinajstić information content (AvgIpc) is 2.37. The van der Waals surface area contributed by atoms with Crippen molar-refractivity contribution < 1.29 is 4.74 Å². The lowest BCUT2D eigenvalue weighted by atomic mass is 9.94. The maximum atomic E-state index is 5.79. The lowest BCUT2D eigenvalue weighted by Gasteiger charge is -2.22. The van der Waals surface area contributed by atoms with E-state index in [-0.39, 0.29) is 6.10 Å². The first-order valence-corrected chi connectivity index (χ1v) is 7.56. The predicted octanol–water partition coefficient (Wildman–Crippen LogP) is 4.56. The van der Waals surface area contributed by atoms with E-state index in [4.69, 9.17) is 4.74 Å². The molecule has 0 spiro atoms. The average molecular weight is 263 g/mol. The second-order valence-electron chi connectivity index (χ2n) is 5.60. The maximum Gasteiger partial charge on any atom is 0.120 e. The van der Waals surface area contributed by atoms with Gasteiger partial charge in [0.2, 0.25) is 0 Å². The standard InChI is InChI=1S/C17H29NO/c1-6-14(5)11-17(18-7-2)15-9-8-10-16(12-15)19-13(3)4/h8-10,12-14,17-18H,6-7,11H2,1-5H3. The van der Waals surface area contributed by atoms with Gasteiger partial charge in [-0.1, -0.05) is 39.3 Å². The summed E-state index contributed by atoms with van der Waals surface area (Å²) in [5, 5.41) is 3.59. The van der Waals surface area contributed by atoms with E-state index in [2.05, 4.69) is 58.1 Å². The van der Waals surface area contributed by atoms with E-state index < -0.39 is 0 Å². The smallest absolute Gasteiger partial charge is 0.120 e. The molecule has 1 aromatic rings. The van der Waals surface area contributed by atoms with Gasteiger partial charge >= 0.3 is 0 Å². The Morgan fingerprint density at radius 2 is 1.89 bits per heavy atom. The minimum atomic E-state index is 0.224. The van der Waals surface area contributed by atoms with E-state index >= 15 is 0 Å². The van der Waals surface area contributed by atoms with Crippen molar-refractivity contribution in [2.75, 3.05) is 6.54 Å². The van der Waals surface area contributed by atoms with Gasteiger partial charge in [0.05, 0.1) is 6.10 Å². The van der Waals surface area contributed by atoms with Crippen molar-refractivity contribution in [3.63, 3.8) is 0 Å². The Bertz CT molecular complexity index is 362. The Kier molecular flexibility index (Phi) is 6.93. The first-order valence-electron chi connectivity index (χ1n) is 7.56. The largest absolute Gasteiger partial charge is 0.491 e. The highest BCUT2D eigenvalue weighted by Gasteiger charge is 2.14. The van der Waals surface area contributed by atoms with Crippen LogP contribution in [0.2, 0.25) is 0 Å². The van der Waals surface area contributed by atoms with Gasteiger partial charge < -0.3 is 10.1 Å². The summed E-state index contributed by atoms with van der Waals surface area (Å²) in [4.78, 5) is 0. The van der Waals surface area contributed by atoms with Crippen molar-refractivity contribution in [2.45, 2.75) is 59.6 Å². The fraction of sp³-hybridized carbons (Fsp3) is 0.647. The second-order valence-corrected chi connectivity index (χ2v) is 5.60. The molecule has 0 aliphatic rings. The normalized spacial score (nSPS) is 14.4. The molecule has 0 aliphatic carbocycles. The molecule has 0 aliphatic heterocycles. The molecule has 1 rings (SSSR count). The molecule has 0 fully saturated rings. The summed E-state index contributed by atoms with van der Waals surface area (Å²) < 4.78 is 5.79. The van der Waals surface area contributed by atoms with Crippen LogP contribution in [-0.4, -0.2) is 12.6 Å². The molecular formula is C17H29NO. The molecule has 0 aromatic heterocycles. The van der Waals surface area contributed by atoms with E-state index in [1.165, 1.54) is 18.4 Å². The van der Waals surface area contributed by atoms with Crippen molar-refractivity contribution in [3.05, 3.63) is 29.8 Å². The number of rotatable bonds is 8. The minimum absolute atomic E-state index is 0.224. The van der Waals surface area contributed by atoms with Gasteiger partial charge in [0.1, 0.15) is 5.75 Å². The van der Waals surface area contributed by atoms with E-state index in [9.17, 15) is 0 Å². The SMILES string of the molecule is CCNC(CC(C)CC)c1cccc(OC(C)C)c1. The van der Waals surface area contributed by atoms with E-state index in [1.807, 2.05) is 6.07 Å². The summed E-state index contributed by atoms with van der Waals surface area (Å²) in [5.41, 5.74) is 1.33. The molecular weight excluding hydrogens is 234 g/mol. The van der Waals surface area contributed by atoms with Gasteiger partial charge in [0, 0.05) is 6.04 Å². The second kappa shape index (κ2) is 8.21. The van der Waals surface area contributed by atoms with Crippen LogP contribution in [0.4, 0.5) is 0 Å². The molecule has 2 unspecified atom stereocenters. The molecule has 2 atom stereocenters. The van der Waals surface area contributed by atoms with Crippen molar-refractivity contribution in [2.24, 2.45) is 5.92 Å². The molecule has 1 aromatic carbocycles. The summed E-state index contributed by atoms with van der Waals surface area (Å²) >= 11 is 0. The summed E-state index contributed by atoms with van der Waals surface area (Å²) in [6.45, 7) is 11.9. The highest BCUT2D eigenvalue weighted by atomic mass is 16.5. The van der Waals surface area contributed by atoms with Crippen LogP contribution >= 0.6 is 0 Å². The van der Waals surface area contributed by atoms with Gasteiger partial charge in [-0.2, -0.15) is 0 Å². The molecule has 0 saturated heterocycles. The van der Waals surface area contributed by atoms with Crippen molar-refractivity contribution >= 4 is 0 Å². The summed E-state index contributed by atoms with van der Waals surface area (Å²) in [6.07, 6.45) is 2.63. The van der Waals surface area contributed by atoms with Gasteiger partial charge in [-0.05, 0) is 50.4 Å². The summed E-state index contributed by atoms with van der Waals surface area (Å²) in [7, 11) is 0. The van der Waals surface area contributed by atoms with Crippen LogP contribution in [0.15, 0.2) is 24.3 Å².